The number of amides is 1. The number of oxazole rings is 1. The number of fused-ring (bicyclic) bond motifs is 1. The molecule has 11 heteroatoms. The Kier molecular flexibility index (Phi) is 5.98. The van der Waals surface area contributed by atoms with E-state index in [2.05, 4.69) is 24.8 Å². The van der Waals surface area contributed by atoms with Gasteiger partial charge in [-0.2, -0.15) is 0 Å². The smallest absolute Gasteiger partial charge is 0.280 e. The Morgan fingerprint density at radius 1 is 1.19 bits per heavy atom. The lowest BCUT2D eigenvalue weighted by Gasteiger charge is -2.32. The predicted molar refractivity (Wildman–Crippen MR) is 134 cm³/mol. The maximum Gasteiger partial charge on any atom is 0.280 e. The van der Waals surface area contributed by atoms with Gasteiger partial charge in [-0.15, -0.1) is 0 Å². The van der Waals surface area contributed by atoms with Gasteiger partial charge in [0, 0.05) is 12.1 Å². The number of carbonyl (C=O) groups is 1. The van der Waals surface area contributed by atoms with Crippen LogP contribution in [0.5, 0.6) is 0 Å². The minimum absolute atomic E-state index is 0.0247. The van der Waals surface area contributed by atoms with E-state index in [1.807, 2.05) is 6.07 Å². The zero-order valence-corrected chi connectivity index (χ0v) is 20.5. The molecule has 0 bridgehead atoms. The van der Waals surface area contributed by atoms with Gasteiger partial charge in [0.1, 0.15) is 33.5 Å². The normalized spacial score (nSPS) is 17.9. The van der Waals surface area contributed by atoms with Crippen molar-refractivity contribution in [2.24, 2.45) is 0 Å². The van der Waals surface area contributed by atoms with E-state index in [9.17, 15) is 9.18 Å². The Bertz CT molecular complexity index is 1550. The molecule has 1 saturated carbocycles. The van der Waals surface area contributed by atoms with Crippen LogP contribution in [0.15, 0.2) is 59.6 Å². The van der Waals surface area contributed by atoms with Gasteiger partial charge in [0.25, 0.3) is 5.91 Å². The summed E-state index contributed by atoms with van der Waals surface area (Å²) in [4.78, 5) is 30.3. The molecular formula is C25H20ClFN6O2S. The molecule has 8 nitrogen and oxygen atoms in total. The van der Waals surface area contributed by atoms with Crippen LogP contribution in [-0.4, -0.2) is 36.5 Å². The molecule has 1 fully saturated rings. The number of rotatable bonds is 5. The molecular weight excluding hydrogens is 503 g/mol. The first-order chi connectivity index (χ1) is 17.6. The first-order valence-electron chi connectivity index (χ1n) is 11.5. The van der Waals surface area contributed by atoms with Gasteiger partial charge >= 0.3 is 0 Å². The van der Waals surface area contributed by atoms with Crippen LogP contribution < -0.4 is 5.32 Å². The fraction of sp³-hybridized carbons (Fsp3) is 0.240. The lowest BCUT2D eigenvalue weighted by Crippen LogP contribution is -2.39. The minimum Gasteiger partial charge on any atom is -0.443 e. The minimum atomic E-state index is -0.351. The van der Waals surface area contributed by atoms with Crippen molar-refractivity contribution in [3.8, 4) is 23.0 Å². The number of benzene rings is 1. The zero-order valence-electron chi connectivity index (χ0n) is 18.9. The molecule has 0 spiro atoms. The van der Waals surface area contributed by atoms with Crippen molar-refractivity contribution >= 4 is 39.9 Å². The van der Waals surface area contributed by atoms with Crippen LogP contribution in [-0.2, 0) is 0 Å². The molecule has 0 radical (unpaired) electrons. The maximum absolute atomic E-state index is 14.9. The summed E-state index contributed by atoms with van der Waals surface area (Å²) in [5.74, 6) is 0.333. The Morgan fingerprint density at radius 2 is 2.08 bits per heavy atom. The summed E-state index contributed by atoms with van der Waals surface area (Å²) < 4.78 is 22.9. The van der Waals surface area contributed by atoms with Crippen LogP contribution in [0.1, 0.15) is 41.5 Å². The molecule has 6 rings (SSSR count). The van der Waals surface area contributed by atoms with Crippen molar-refractivity contribution in [2.75, 3.05) is 0 Å². The highest BCUT2D eigenvalue weighted by molar-refractivity contribution is 7.17. The first kappa shape index (κ1) is 22.8. The number of halogens is 2. The first-order valence-corrected chi connectivity index (χ1v) is 12.7. The fourth-order valence-corrected chi connectivity index (χ4v) is 5.62. The van der Waals surface area contributed by atoms with Crippen molar-refractivity contribution in [2.45, 2.75) is 37.8 Å². The second-order valence-electron chi connectivity index (χ2n) is 8.64. The average Bonchev–Trinajstić information content (AvgIpc) is 3.64. The second kappa shape index (κ2) is 9.44. The third-order valence-electron chi connectivity index (χ3n) is 6.36. The van der Waals surface area contributed by atoms with Gasteiger partial charge in [0.15, 0.2) is 5.01 Å². The van der Waals surface area contributed by atoms with Crippen LogP contribution >= 0.6 is 22.9 Å². The molecule has 2 unspecified atom stereocenters. The number of nitrogens with one attached hydrogen (secondary N) is 1. The van der Waals surface area contributed by atoms with Crippen molar-refractivity contribution in [3.05, 3.63) is 70.3 Å². The number of hydrogen-bond donors (Lipinski definition) is 1. The fourth-order valence-electron chi connectivity index (χ4n) is 4.80. The van der Waals surface area contributed by atoms with Crippen LogP contribution in [0.4, 0.5) is 4.39 Å². The molecule has 1 amide bonds. The molecule has 36 heavy (non-hydrogen) atoms. The monoisotopic (exact) mass is 522 g/mol. The molecule has 1 N–H and O–H groups in total. The number of hydrogen-bond acceptors (Lipinski definition) is 7. The molecule has 0 saturated heterocycles. The highest BCUT2D eigenvalue weighted by Crippen LogP contribution is 2.37. The molecule has 1 aliphatic carbocycles. The molecule has 5 aromatic rings. The largest absolute Gasteiger partial charge is 0.443 e. The quantitative estimate of drug-likeness (QED) is 0.308. The Morgan fingerprint density at radius 3 is 2.86 bits per heavy atom. The SMILES string of the molecule is O=C(NC1CCCC(n2c(-c3ccccc3F)nc3cnc(-c4ncco4)cc32)C1)c1ncc(Cl)s1. The van der Waals surface area contributed by atoms with Gasteiger partial charge in [-0.05, 0) is 43.9 Å². The zero-order chi connectivity index (χ0) is 24.6. The molecule has 4 heterocycles. The van der Waals surface area contributed by atoms with E-state index < -0.39 is 0 Å². The topological polar surface area (TPSA) is 98.7 Å². The van der Waals surface area contributed by atoms with Crippen molar-refractivity contribution in [3.63, 3.8) is 0 Å². The van der Waals surface area contributed by atoms with E-state index >= 15 is 0 Å². The Hall–Kier alpha value is -3.63. The third kappa shape index (κ3) is 4.27. The van der Waals surface area contributed by atoms with Crippen LogP contribution in [0.3, 0.4) is 0 Å². The van der Waals surface area contributed by atoms with E-state index in [0.717, 1.165) is 36.1 Å². The Balaban J connectivity index is 1.40. The van der Waals surface area contributed by atoms with E-state index in [0.29, 0.717) is 44.3 Å². The summed E-state index contributed by atoms with van der Waals surface area (Å²) in [6, 6.07) is 8.38. The summed E-state index contributed by atoms with van der Waals surface area (Å²) in [7, 11) is 0. The van der Waals surface area contributed by atoms with E-state index in [1.54, 1.807) is 30.6 Å². The maximum atomic E-state index is 14.9. The van der Waals surface area contributed by atoms with Gasteiger partial charge < -0.3 is 14.3 Å². The van der Waals surface area contributed by atoms with Gasteiger partial charge in [-0.1, -0.05) is 35.1 Å². The van der Waals surface area contributed by atoms with Crippen molar-refractivity contribution < 1.29 is 13.6 Å². The Labute approximate surface area is 214 Å². The average molecular weight is 523 g/mol. The van der Waals surface area contributed by atoms with Gasteiger partial charge in [0.2, 0.25) is 5.89 Å². The predicted octanol–water partition coefficient (Wildman–Crippen LogP) is 5.92. The molecule has 1 aromatic carbocycles. The molecule has 0 aliphatic heterocycles. The van der Waals surface area contributed by atoms with E-state index in [-0.39, 0.29) is 23.8 Å². The van der Waals surface area contributed by atoms with Crippen molar-refractivity contribution in [1.82, 2.24) is 29.8 Å². The number of pyridine rings is 1. The highest BCUT2D eigenvalue weighted by atomic mass is 35.5. The lowest BCUT2D eigenvalue weighted by atomic mass is 9.90. The summed E-state index contributed by atoms with van der Waals surface area (Å²) in [5, 5.41) is 3.43. The van der Waals surface area contributed by atoms with Gasteiger partial charge in [0.05, 0.1) is 29.7 Å². The second-order valence-corrected chi connectivity index (χ2v) is 10.3. The van der Waals surface area contributed by atoms with Crippen LogP contribution in [0.2, 0.25) is 4.34 Å². The van der Waals surface area contributed by atoms with E-state index in [4.69, 9.17) is 21.0 Å². The number of aromatic nitrogens is 5. The highest BCUT2D eigenvalue weighted by Gasteiger charge is 2.29. The van der Waals surface area contributed by atoms with E-state index in [1.165, 1.54) is 18.5 Å². The number of carbonyl (C=O) groups excluding carboxylic acids is 1. The van der Waals surface area contributed by atoms with Gasteiger partial charge in [-0.25, -0.2) is 24.3 Å². The number of imidazole rings is 1. The summed E-state index contributed by atoms with van der Waals surface area (Å²) in [5.41, 5.74) is 2.43. The number of thiazole rings is 1. The molecule has 2 atom stereocenters. The van der Waals surface area contributed by atoms with Gasteiger partial charge in [-0.3, -0.25) is 4.79 Å². The lowest BCUT2D eigenvalue weighted by molar-refractivity contribution is 0.0920. The number of nitrogens with zero attached hydrogens (tertiary/aromatic N) is 5. The molecule has 4 aromatic heterocycles. The summed E-state index contributed by atoms with van der Waals surface area (Å²) >= 11 is 7.10. The molecule has 1 aliphatic rings. The van der Waals surface area contributed by atoms with Crippen molar-refractivity contribution in [1.29, 1.82) is 0 Å². The summed E-state index contributed by atoms with van der Waals surface area (Å²) in [6.07, 6.45) is 9.44. The third-order valence-corrected chi connectivity index (χ3v) is 7.47. The standard InChI is InChI=1S/C25H20ClFN6O2S/c26-21-13-30-25(36-21)23(34)31-14-4-3-5-15(10-14)33-20-11-18(24-28-8-9-35-24)29-12-19(20)32-22(33)16-6-1-2-7-17(16)27/h1-2,6-9,11-15H,3-5,10H2,(H,31,34). The van der Waals surface area contributed by atoms with Crippen LogP contribution in [0, 0.1) is 5.82 Å². The summed E-state index contributed by atoms with van der Waals surface area (Å²) in [6.45, 7) is 0. The van der Waals surface area contributed by atoms with Crippen LogP contribution in [0.25, 0.3) is 34.0 Å². The molecule has 182 valence electrons.